The summed E-state index contributed by atoms with van der Waals surface area (Å²) >= 11 is 0. The second kappa shape index (κ2) is 8.38. The Labute approximate surface area is 161 Å². The molecule has 142 valence electrons. The molecule has 27 heavy (non-hydrogen) atoms. The fourth-order valence-electron chi connectivity index (χ4n) is 3.48. The average molecular weight is 364 g/mol. The van der Waals surface area contributed by atoms with E-state index in [1.165, 1.54) is 0 Å². The summed E-state index contributed by atoms with van der Waals surface area (Å²) in [6, 6.07) is 13.9. The van der Waals surface area contributed by atoms with Crippen LogP contribution in [-0.2, 0) is 22.4 Å². The van der Waals surface area contributed by atoms with Gasteiger partial charge in [0.15, 0.2) is 0 Å². The van der Waals surface area contributed by atoms with Crippen molar-refractivity contribution in [3.05, 3.63) is 59.2 Å². The molecule has 0 atom stereocenters. The summed E-state index contributed by atoms with van der Waals surface area (Å²) in [5.74, 6) is 0.729. The number of hydrogen-bond donors (Lipinski definition) is 1. The van der Waals surface area contributed by atoms with E-state index in [9.17, 15) is 9.59 Å². The number of aryl methyl sites for hydroxylation is 2. The lowest BCUT2D eigenvalue weighted by molar-refractivity contribution is -0.119. The van der Waals surface area contributed by atoms with E-state index in [0.717, 1.165) is 47.5 Å². The maximum Gasteiger partial charge on any atom is 0.228 e. The SMILES string of the molecule is Cc1cccc(CC(=O)Nc2ccc3c(c2)CCC(=O)N3CCC(C)C)c1. The number of nitrogens with zero attached hydrogens (tertiary/aromatic N) is 1. The highest BCUT2D eigenvalue weighted by molar-refractivity contribution is 5.98. The quantitative estimate of drug-likeness (QED) is 0.820. The normalized spacial score (nSPS) is 13.6. The average Bonchev–Trinajstić information content (AvgIpc) is 2.60. The number of nitrogens with one attached hydrogen (secondary N) is 1. The van der Waals surface area contributed by atoms with E-state index in [0.29, 0.717) is 18.8 Å². The van der Waals surface area contributed by atoms with Gasteiger partial charge in [-0.3, -0.25) is 9.59 Å². The monoisotopic (exact) mass is 364 g/mol. The summed E-state index contributed by atoms with van der Waals surface area (Å²) in [5.41, 5.74) is 5.08. The number of carbonyl (C=O) groups excluding carboxylic acids is 2. The lowest BCUT2D eigenvalue weighted by Gasteiger charge is -2.30. The summed E-state index contributed by atoms with van der Waals surface area (Å²) in [6.07, 6.45) is 2.61. The Bertz CT molecular complexity index is 842. The summed E-state index contributed by atoms with van der Waals surface area (Å²) in [6.45, 7) is 7.12. The molecule has 0 aliphatic carbocycles. The van der Waals surface area contributed by atoms with Gasteiger partial charge in [0.1, 0.15) is 0 Å². The van der Waals surface area contributed by atoms with Gasteiger partial charge < -0.3 is 10.2 Å². The van der Waals surface area contributed by atoms with E-state index in [1.807, 2.05) is 54.3 Å². The highest BCUT2D eigenvalue weighted by Gasteiger charge is 2.24. The number of benzene rings is 2. The molecule has 0 bridgehead atoms. The van der Waals surface area contributed by atoms with Crippen LogP contribution in [0.5, 0.6) is 0 Å². The maximum absolute atomic E-state index is 12.4. The Kier molecular flexibility index (Phi) is 5.94. The third-order valence-corrected chi connectivity index (χ3v) is 4.94. The Balaban J connectivity index is 1.70. The smallest absolute Gasteiger partial charge is 0.228 e. The molecule has 0 aromatic heterocycles. The molecule has 4 heteroatoms. The standard InChI is InChI=1S/C23H28N2O2/c1-16(2)11-12-25-21-9-8-20(15-19(21)7-10-23(25)27)24-22(26)14-18-6-4-5-17(3)13-18/h4-6,8-9,13,15-16H,7,10-12,14H2,1-3H3,(H,24,26). The number of anilines is 2. The fraction of sp³-hybridized carbons (Fsp3) is 0.391. The number of fused-ring (bicyclic) bond motifs is 1. The third-order valence-electron chi connectivity index (χ3n) is 4.94. The fourth-order valence-corrected chi connectivity index (χ4v) is 3.48. The van der Waals surface area contributed by atoms with Crippen molar-refractivity contribution in [1.29, 1.82) is 0 Å². The Morgan fingerprint density at radius 1 is 1.15 bits per heavy atom. The molecular weight excluding hydrogens is 336 g/mol. The van der Waals surface area contributed by atoms with E-state index < -0.39 is 0 Å². The van der Waals surface area contributed by atoms with Crippen molar-refractivity contribution in [2.45, 2.75) is 46.5 Å². The van der Waals surface area contributed by atoms with Crippen molar-refractivity contribution in [3.8, 4) is 0 Å². The molecule has 1 aliphatic heterocycles. The Hall–Kier alpha value is -2.62. The first-order valence-electron chi connectivity index (χ1n) is 9.71. The van der Waals surface area contributed by atoms with Crippen LogP contribution in [0.1, 0.15) is 43.4 Å². The largest absolute Gasteiger partial charge is 0.326 e. The van der Waals surface area contributed by atoms with Gasteiger partial charge in [-0.15, -0.1) is 0 Å². The van der Waals surface area contributed by atoms with Gasteiger partial charge in [-0.2, -0.15) is 0 Å². The molecule has 0 unspecified atom stereocenters. The second-order valence-corrected chi connectivity index (χ2v) is 7.79. The molecule has 0 fully saturated rings. The zero-order valence-electron chi connectivity index (χ0n) is 16.4. The van der Waals surface area contributed by atoms with Gasteiger partial charge in [0, 0.05) is 24.3 Å². The number of hydrogen-bond acceptors (Lipinski definition) is 2. The van der Waals surface area contributed by atoms with Gasteiger partial charge in [0.2, 0.25) is 11.8 Å². The van der Waals surface area contributed by atoms with Crippen molar-refractivity contribution in [3.63, 3.8) is 0 Å². The molecule has 0 spiro atoms. The molecule has 0 radical (unpaired) electrons. The van der Waals surface area contributed by atoms with E-state index in [-0.39, 0.29) is 11.8 Å². The van der Waals surface area contributed by atoms with Gasteiger partial charge in [0.05, 0.1) is 6.42 Å². The van der Waals surface area contributed by atoms with Crippen LogP contribution >= 0.6 is 0 Å². The summed E-state index contributed by atoms with van der Waals surface area (Å²) in [7, 11) is 0. The zero-order chi connectivity index (χ0) is 19.4. The minimum atomic E-state index is -0.0240. The number of carbonyl (C=O) groups is 2. The van der Waals surface area contributed by atoms with Gasteiger partial charge in [-0.1, -0.05) is 43.7 Å². The van der Waals surface area contributed by atoms with E-state index >= 15 is 0 Å². The molecule has 1 heterocycles. The minimum Gasteiger partial charge on any atom is -0.326 e. The first-order valence-corrected chi connectivity index (χ1v) is 9.71. The predicted octanol–water partition coefficient (Wildman–Crippen LogP) is 4.50. The second-order valence-electron chi connectivity index (χ2n) is 7.79. The molecule has 4 nitrogen and oxygen atoms in total. The van der Waals surface area contributed by atoms with E-state index in [1.54, 1.807) is 0 Å². The van der Waals surface area contributed by atoms with Crippen LogP contribution in [0.15, 0.2) is 42.5 Å². The Morgan fingerprint density at radius 3 is 2.70 bits per heavy atom. The van der Waals surface area contributed by atoms with Crippen molar-refractivity contribution in [2.75, 3.05) is 16.8 Å². The number of rotatable bonds is 6. The topological polar surface area (TPSA) is 49.4 Å². The minimum absolute atomic E-state index is 0.0240. The molecule has 0 saturated heterocycles. The zero-order valence-corrected chi connectivity index (χ0v) is 16.4. The van der Waals surface area contributed by atoms with Crippen molar-refractivity contribution in [1.82, 2.24) is 0 Å². The molecule has 2 aromatic rings. The molecule has 1 aliphatic rings. The van der Waals surface area contributed by atoms with Crippen LogP contribution in [0, 0.1) is 12.8 Å². The third kappa shape index (κ3) is 4.97. The highest BCUT2D eigenvalue weighted by atomic mass is 16.2. The highest BCUT2D eigenvalue weighted by Crippen LogP contribution is 2.31. The molecule has 1 N–H and O–H groups in total. The Morgan fingerprint density at radius 2 is 1.96 bits per heavy atom. The molecule has 2 aromatic carbocycles. The van der Waals surface area contributed by atoms with E-state index in [4.69, 9.17) is 0 Å². The predicted molar refractivity (Wildman–Crippen MR) is 110 cm³/mol. The summed E-state index contributed by atoms with van der Waals surface area (Å²) in [4.78, 5) is 26.6. The first kappa shape index (κ1) is 19.2. The maximum atomic E-state index is 12.4. The summed E-state index contributed by atoms with van der Waals surface area (Å²) in [5, 5.41) is 2.99. The van der Waals surface area contributed by atoms with Gasteiger partial charge in [-0.05, 0) is 55.0 Å². The number of amides is 2. The lowest BCUT2D eigenvalue weighted by atomic mass is 9.99. The lowest BCUT2D eigenvalue weighted by Crippen LogP contribution is -2.36. The van der Waals surface area contributed by atoms with Crippen LogP contribution in [0.2, 0.25) is 0 Å². The molecular formula is C23H28N2O2. The van der Waals surface area contributed by atoms with E-state index in [2.05, 4.69) is 19.2 Å². The molecule has 2 amide bonds. The summed E-state index contributed by atoms with van der Waals surface area (Å²) < 4.78 is 0. The van der Waals surface area contributed by atoms with Crippen molar-refractivity contribution < 1.29 is 9.59 Å². The van der Waals surface area contributed by atoms with Crippen LogP contribution in [-0.4, -0.2) is 18.4 Å². The van der Waals surface area contributed by atoms with Crippen molar-refractivity contribution in [2.24, 2.45) is 5.92 Å². The van der Waals surface area contributed by atoms with Crippen molar-refractivity contribution >= 4 is 23.2 Å². The van der Waals surface area contributed by atoms with Gasteiger partial charge >= 0.3 is 0 Å². The van der Waals surface area contributed by atoms with Gasteiger partial charge in [-0.25, -0.2) is 0 Å². The van der Waals surface area contributed by atoms with Crippen LogP contribution in [0.4, 0.5) is 11.4 Å². The molecule has 0 saturated carbocycles. The molecule has 3 rings (SSSR count). The van der Waals surface area contributed by atoms with Crippen LogP contribution in [0.25, 0.3) is 0 Å². The van der Waals surface area contributed by atoms with Crippen LogP contribution in [0.3, 0.4) is 0 Å². The first-order chi connectivity index (χ1) is 12.9. The van der Waals surface area contributed by atoms with Gasteiger partial charge in [0.25, 0.3) is 0 Å². The van der Waals surface area contributed by atoms with Crippen LogP contribution < -0.4 is 10.2 Å².